The van der Waals surface area contributed by atoms with Gasteiger partial charge >= 0.3 is 5.97 Å². The first kappa shape index (κ1) is 13.1. The minimum atomic E-state index is -0.261. The van der Waals surface area contributed by atoms with Crippen molar-refractivity contribution < 1.29 is 14.3 Å². The Morgan fingerprint density at radius 3 is 2.89 bits per heavy atom. The highest BCUT2D eigenvalue weighted by Gasteiger charge is 2.33. The average Bonchev–Trinajstić information content (AvgIpc) is 3.08. The number of hydrogen-bond donors (Lipinski definition) is 1. The van der Waals surface area contributed by atoms with Gasteiger partial charge in [-0.3, -0.25) is 9.59 Å². The van der Waals surface area contributed by atoms with E-state index in [1.807, 2.05) is 17.5 Å². The van der Waals surface area contributed by atoms with Crippen LogP contribution in [0.4, 0.5) is 0 Å². The van der Waals surface area contributed by atoms with Crippen LogP contribution >= 0.6 is 11.3 Å². The SMILES string of the molecule is COC(=O)CC(NC(=O)Cc1cccs1)C1CC1. The van der Waals surface area contributed by atoms with Crippen molar-refractivity contribution in [1.82, 2.24) is 5.32 Å². The summed E-state index contributed by atoms with van der Waals surface area (Å²) in [5, 5.41) is 4.90. The monoisotopic (exact) mass is 267 g/mol. The molecular formula is C13H17NO3S. The van der Waals surface area contributed by atoms with E-state index in [2.05, 4.69) is 10.1 Å². The Bertz CT molecular complexity index is 412. The summed E-state index contributed by atoms with van der Waals surface area (Å²) in [6, 6.07) is 3.81. The molecule has 0 bridgehead atoms. The van der Waals surface area contributed by atoms with E-state index in [9.17, 15) is 9.59 Å². The number of ether oxygens (including phenoxy) is 1. The number of hydrogen-bond acceptors (Lipinski definition) is 4. The molecule has 4 nitrogen and oxygen atoms in total. The highest BCUT2D eigenvalue weighted by Crippen LogP contribution is 2.34. The number of carbonyl (C=O) groups excluding carboxylic acids is 2. The number of nitrogens with one attached hydrogen (secondary N) is 1. The Labute approximate surface area is 110 Å². The van der Waals surface area contributed by atoms with Crippen molar-refractivity contribution in [1.29, 1.82) is 0 Å². The number of esters is 1. The van der Waals surface area contributed by atoms with Gasteiger partial charge in [0.15, 0.2) is 0 Å². The predicted octanol–water partition coefficient (Wildman–Crippen LogP) is 1.75. The third-order valence-electron chi connectivity index (χ3n) is 3.07. The zero-order chi connectivity index (χ0) is 13.0. The van der Waals surface area contributed by atoms with Crippen LogP contribution in [0.25, 0.3) is 0 Å². The van der Waals surface area contributed by atoms with E-state index >= 15 is 0 Å². The standard InChI is InChI=1S/C13H17NO3S/c1-17-13(16)8-11(9-4-5-9)14-12(15)7-10-3-2-6-18-10/h2-3,6,9,11H,4-5,7-8H2,1H3,(H,14,15). The molecule has 18 heavy (non-hydrogen) atoms. The average molecular weight is 267 g/mol. The Kier molecular flexibility index (Phi) is 4.36. The molecule has 1 atom stereocenters. The van der Waals surface area contributed by atoms with Crippen molar-refractivity contribution in [3.8, 4) is 0 Å². The second kappa shape index (κ2) is 6.00. The van der Waals surface area contributed by atoms with E-state index in [1.54, 1.807) is 11.3 Å². The van der Waals surface area contributed by atoms with Gasteiger partial charge in [-0.05, 0) is 30.2 Å². The van der Waals surface area contributed by atoms with Gasteiger partial charge in [-0.2, -0.15) is 0 Å². The fourth-order valence-electron chi connectivity index (χ4n) is 1.93. The molecular weight excluding hydrogens is 250 g/mol. The molecule has 1 heterocycles. The number of rotatable bonds is 6. The van der Waals surface area contributed by atoms with Gasteiger partial charge in [0.05, 0.1) is 20.0 Å². The van der Waals surface area contributed by atoms with Crippen LogP contribution in [0.1, 0.15) is 24.1 Å². The zero-order valence-corrected chi connectivity index (χ0v) is 11.2. The molecule has 1 aliphatic carbocycles. The molecule has 2 rings (SSSR count). The number of thiophene rings is 1. The van der Waals surface area contributed by atoms with Gasteiger partial charge in [0.1, 0.15) is 0 Å². The molecule has 0 saturated heterocycles. The maximum absolute atomic E-state index is 11.9. The molecule has 0 spiro atoms. The largest absolute Gasteiger partial charge is 0.469 e. The van der Waals surface area contributed by atoms with E-state index < -0.39 is 0 Å². The van der Waals surface area contributed by atoms with Crippen molar-refractivity contribution in [3.05, 3.63) is 22.4 Å². The van der Waals surface area contributed by atoms with Gasteiger partial charge in [-0.1, -0.05) is 6.07 Å². The van der Waals surface area contributed by atoms with Crippen molar-refractivity contribution in [2.45, 2.75) is 31.7 Å². The summed E-state index contributed by atoms with van der Waals surface area (Å²) < 4.78 is 4.66. The van der Waals surface area contributed by atoms with Crippen LogP contribution in [0.3, 0.4) is 0 Å². The van der Waals surface area contributed by atoms with Gasteiger partial charge < -0.3 is 10.1 Å². The lowest BCUT2D eigenvalue weighted by Crippen LogP contribution is -2.39. The lowest BCUT2D eigenvalue weighted by atomic mass is 10.1. The topological polar surface area (TPSA) is 55.4 Å². The normalized spacial score (nSPS) is 16.1. The van der Waals surface area contributed by atoms with Gasteiger partial charge in [-0.15, -0.1) is 11.3 Å². The van der Waals surface area contributed by atoms with Crippen LogP contribution in [0.2, 0.25) is 0 Å². The number of methoxy groups -OCH3 is 1. The summed E-state index contributed by atoms with van der Waals surface area (Å²) in [4.78, 5) is 24.2. The molecule has 1 saturated carbocycles. The van der Waals surface area contributed by atoms with Crippen LogP contribution < -0.4 is 5.32 Å². The smallest absolute Gasteiger partial charge is 0.307 e. The molecule has 0 radical (unpaired) electrons. The molecule has 0 aromatic carbocycles. The number of carbonyl (C=O) groups is 2. The third kappa shape index (κ3) is 3.84. The van der Waals surface area contributed by atoms with E-state index in [0.29, 0.717) is 12.3 Å². The fourth-order valence-corrected chi connectivity index (χ4v) is 2.63. The number of amides is 1. The van der Waals surface area contributed by atoms with Gasteiger partial charge in [0.2, 0.25) is 5.91 Å². The van der Waals surface area contributed by atoms with Crippen molar-refractivity contribution >= 4 is 23.2 Å². The zero-order valence-electron chi connectivity index (χ0n) is 10.3. The quantitative estimate of drug-likeness (QED) is 0.799. The Balaban J connectivity index is 1.84. The van der Waals surface area contributed by atoms with Crippen LogP contribution in [-0.4, -0.2) is 25.0 Å². The van der Waals surface area contributed by atoms with Gasteiger partial charge in [-0.25, -0.2) is 0 Å². The molecule has 0 aliphatic heterocycles. The highest BCUT2D eigenvalue weighted by atomic mass is 32.1. The molecule has 1 unspecified atom stereocenters. The molecule has 1 aliphatic rings. The first-order chi connectivity index (χ1) is 8.69. The van der Waals surface area contributed by atoms with E-state index in [-0.39, 0.29) is 24.3 Å². The first-order valence-corrected chi connectivity index (χ1v) is 6.95. The third-order valence-corrected chi connectivity index (χ3v) is 3.94. The summed E-state index contributed by atoms with van der Waals surface area (Å²) in [6.07, 6.45) is 2.83. The van der Waals surface area contributed by atoms with Crippen LogP contribution in [0.15, 0.2) is 17.5 Å². The summed E-state index contributed by atoms with van der Waals surface area (Å²) in [5.41, 5.74) is 0. The summed E-state index contributed by atoms with van der Waals surface area (Å²) >= 11 is 1.57. The van der Waals surface area contributed by atoms with E-state index in [1.165, 1.54) is 7.11 Å². The molecule has 5 heteroatoms. The molecule has 1 amide bonds. The van der Waals surface area contributed by atoms with Gasteiger partial charge in [0, 0.05) is 10.9 Å². The predicted molar refractivity (Wildman–Crippen MR) is 69.3 cm³/mol. The Morgan fingerprint density at radius 2 is 2.33 bits per heavy atom. The molecule has 1 aromatic rings. The Hall–Kier alpha value is -1.36. The lowest BCUT2D eigenvalue weighted by molar-refractivity contribution is -0.141. The van der Waals surface area contributed by atoms with E-state index in [0.717, 1.165) is 17.7 Å². The van der Waals surface area contributed by atoms with Crippen LogP contribution in [0, 0.1) is 5.92 Å². The highest BCUT2D eigenvalue weighted by molar-refractivity contribution is 7.10. The van der Waals surface area contributed by atoms with Gasteiger partial charge in [0.25, 0.3) is 0 Å². The molecule has 1 fully saturated rings. The summed E-state index contributed by atoms with van der Waals surface area (Å²) in [6.45, 7) is 0. The second-order valence-electron chi connectivity index (χ2n) is 4.55. The fraction of sp³-hybridized carbons (Fsp3) is 0.538. The maximum Gasteiger partial charge on any atom is 0.307 e. The Morgan fingerprint density at radius 1 is 1.56 bits per heavy atom. The maximum atomic E-state index is 11.9. The van der Waals surface area contributed by atoms with Crippen molar-refractivity contribution in [3.63, 3.8) is 0 Å². The minimum absolute atomic E-state index is 0.0155. The van der Waals surface area contributed by atoms with Crippen molar-refractivity contribution in [2.24, 2.45) is 5.92 Å². The minimum Gasteiger partial charge on any atom is -0.469 e. The molecule has 98 valence electrons. The summed E-state index contributed by atoms with van der Waals surface area (Å²) in [5.74, 6) is 0.165. The first-order valence-electron chi connectivity index (χ1n) is 6.07. The summed E-state index contributed by atoms with van der Waals surface area (Å²) in [7, 11) is 1.37. The van der Waals surface area contributed by atoms with Crippen LogP contribution in [-0.2, 0) is 20.7 Å². The van der Waals surface area contributed by atoms with Crippen LogP contribution in [0.5, 0.6) is 0 Å². The molecule has 1 aromatic heterocycles. The second-order valence-corrected chi connectivity index (χ2v) is 5.58. The van der Waals surface area contributed by atoms with E-state index in [4.69, 9.17) is 0 Å². The van der Waals surface area contributed by atoms with Crippen molar-refractivity contribution in [2.75, 3.05) is 7.11 Å². The lowest BCUT2D eigenvalue weighted by Gasteiger charge is -2.16. The molecule has 1 N–H and O–H groups in total.